The van der Waals surface area contributed by atoms with Gasteiger partial charge in [-0.2, -0.15) is 0 Å². The summed E-state index contributed by atoms with van der Waals surface area (Å²) in [4.78, 5) is 0. The fraction of sp³-hybridized carbons (Fsp3) is 0. The number of hydrogen-bond donors (Lipinski definition) is 0. The molecule has 3 nitrogen and oxygen atoms in total. The average molecular weight is 427 g/mol. The molecule has 19 heavy (non-hydrogen) atoms. The van der Waals surface area contributed by atoms with Gasteiger partial charge < -0.3 is 4.42 Å². The van der Waals surface area contributed by atoms with E-state index < -0.39 is 0 Å². The Balaban J connectivity index is 1.97. The van der Waals surface area contributed by atoms with Crippen LogP contribution >= 0.6 is 38.5 Å². The minimum atomic E-state index is 0.529. The van der Waals surface area contributed by atoms with Crippen LogP contribution in [0.3, 0.4) is 0 Å². The molecular formula is C14H8BrIN2O. The van der Waals surface area contributed by atoms with Crippen molar-refractivity contribution in [3.05, 3.63) is 56.6 Å². The van der Waals surface area contributed by atoms with Gasteiger partial charge in [-0.1, -0.05) is 22.0 Å². The Morgan fingerprint density at radius 1 is 0.895 bits per heavy atom. The summed E-state index contributed by atoms with van der Waals surface area (Å²) in [6.45, 7) is 0. The first-order chi connectivity index (χ1) is 9.22. The monoisotopic (exact) mass is 426 g/mol. The number of benzene rings is 2. The van der Waals surface area contributed by atoms with Gasteiger partial charge in [0.25, 0.3) is 0 Å². The standard InChI is InChI=1S/C14H8BrIN2O/c15-11-6-4-9(5-7-11)13-17-18-14(19-13)10-2-1-3-12(16)8-10/h1-8H. The summed E-state index contributed by atoms with van der Waals surface area (Å²) < 4.78 is 7.87. The molecule has 0 spiro atoms. The largest absolute Gasteiger partial charge is 0.416 e. The molecule has 2 aromatic carbocycles. The number of hydrogen-bond acceptors (Lipinski definition) is 3. The predicted octanol–water partition coefficient (Wildman–Crippen LogP) is 4.77. The van der Waals surface area contributed by atoms with E-state index in [4.69, 9.17) is 4.42 Å². The van der Waals surface area contributed by atoms with Crippen LogP contribution < -0.4 is 0 Å². The third-order valence-corrected chi connectivity index (χ3v) is 3.79. The van der Waals surface area contributed by atoms with E-state index >= 15 is 0 Å². The normalized spacial score (nSPS) is 10.6. The molecule has 3 aromatic rings. The molecule has 0 atom stereocenters. The summed E-state index contributed by atoms with van der Waals surface area (Å²) >= 11 is 5.66. The zero-order chi connectivity index (χ0) is 13.2. The lowest BCUT2D eigenvalue weighted by molar-refractivity contribution is 0.584. The van der Waals surface area contributed by atoms with Crippen LogP contribution in [0.5, 0.6) is 0 Å². The quantitative estimate of drug-likeness (QED) is 0.554. The highest BCUT2D eigenvalue weighted by Gasteiger charge is 2.10. The van der Waals surface area contributed by atoms with E-state index in [1.807, 2.05) is 48.5 Å². The van der Waals surface area contributed by atoms with Gasteiger partial charge in [-0.3, -0.25) is 0 Å². The lowest BCUT2D eigenvalue weighted by atomic mass is 10.2. The van der Waals surface area contributed by atoms with Gasteiger partial charge in [0, 0.05) is 19.2 Å². The second-order valence-electron chi connectivity index (χ2n) is 3.93. The predicted molar refractivity (Wildman–Crippen MR) is 85.6 cm³/mol. The fourth-order valence-corrected chi connectivity index (χ4v) is 2.48. The molecule has 0 saturated heterocycles. The molecule has 0 fully saturated rings. The highest BCUT2D eigenvalue weighted by Crippen LogP contribution is 2.25. The van der Waals surface area contributed by atoms with Crippen LogP contribution in [0.25, 0.3) is 22.9 Å². The number of rotatable bonds is 2. The summed E-state index contributed by atoms with van der Waals surface area (Å²) in [7, 11) is 0. The first kappa shape index (κ1) is 12.8. The average Bonchev–Trinajstić information content (AvgIpc) is 2.89. The van der Waals surface area contributed by atoms with E-state index in [1.54, 1.807) is 0 Å². The maximum atomic E-state index is 5.71. The summed E-state index contributed by atoms with van der Waals surface area (Å²) in [5, 5.41) is 8.18. The smallest absolute Gasteiger partial charge is 0.248 e. The molecule has 0 aliphatic heterocycles. The van der Waals surface area contributed by atoms with Crippen LogP contribution in [0.1, 0.15) is 0 Å². The Kier molecular flexibility index (Phi) is 3.65. The highest BCUT2D eigenvalue weighted by molar-refractivity contribution is 14.1. The van der Waals surface area contributed by atoms with Gasteiger partial charge in [0.1, 0.15) is 0 Å². The van der Waals surface area contributed by atoms with Gasteiger partial charge in [-0.15, -0.1) is 10.2 Å². The van der Waals surface area contributed by atoms with Crippen molar-refractivity contribution in [1.29, 1.82) is 0 Å². The molecule has 5 heteroatoms. The van der Waals surface area contributed by atoms with E-state index in [0.29, 0.717) is 11.8 Å². The highest BCUT2D eigenvalue weighted by atomic mass is 127. The molecule has 3 rings (SSSR count). The zero-order valence-electron chi connectivity index (χ0n) is 9.68. The van der Waals surface area contributed by atoms with E-state index in [9.17, 15) is 0 Å². The van der Waals surface area contributed by atoms with Crippen molar-refractivity contribution in [1.82, 2.24) is 10.2 Å². The van der Waals surface area contributed by atoms with Crippen LogP contribution in [-0.4, -0.2) is 10.2 Å². The molecule has 0 saturated carbocycles. The van der Waals surface area contributed by atoms with Crippen LogP contribution in [0.4, 0.5) is 0 Å². The maximum absolute atomic E-state index is 5.71. The summed E-state index contributed by atoms with van der Waals surface area (Å²) in [5.41, 5.74) is 1.84. The number of aromatic nitrogens is 2. The molecule has 1 heterocycles. The number of halogens is 2. The third kappa shape index (κ3) is 2.87. The van der Waals surface area contributed by atoms with Crippen molar-refractivity contribution in [2.24, 2.45) is 0 Å². The summed E-state index contributed by atoms with van der Waals surface area (Å²) in [6.07, 6.45) is 0. The Morgan fingerprint density at radius 2 is 1.58 bits per heavy atom. The first-order valence-electron chi connectivity index (χ1n) is 5.58. The van der Waals surface area contributed by atoms with Gasteiger partial charge in [0.2, 0.25) is 11.8 Å². The van der Waals surface area contributed by atoms with Crippen molar-refractivity contribution in [2.45, 2.75) is 0 Å². The van der Waals surface area contributed by atoms with Crippen molar-refractivity contribution < 1.29 is 4.42 Å². The van der Waals surface area contributed by atoms with Gasteiger partial charge in [0.15, 0.2) is 0 Å². The second kappa shape index (κ2) is 5.42. The van der Waals surface area contributed by atoms with E-state index in [2.05, 4.69) is 48.7 Å². The van der Waals surface area contributed by atoms with Crippen LogP contribution in [0.15, 0.2) is 57.4 Å². The topological polar surface area (TPSA) is 38.9 Å². The van der Waals surface area contributed by atoms with Gasteiger partial charge in [0.05, 0.1) is 0 Å². The molecular weight excluding hydrogens is 419 g/mol. The van der Waals surface area contributed by atoms with Crippen LogP contribution in [0.2, 0.25) is 0 Å². The zero-order valence-corrected chi connectivity index (χ0v) is 13.4. The molecule has 0 unspecified atom stereocenters. The van der Waals surface area contributed by atoms with Gasteiger partial charge >= 0.3 is 0 Å². The van der Waals surface area contributed by atoms with Crippen molar-refractivity contribution in [3.8, 4) is 22.9 Å². The minimum absolute atomic E-state index is 0.529. The van der Waals surface area contributed by atoms with Crippen LogP contribution in [-0.2, 0) is 0 Å². The Labute approximate surface area is 132 Å². The van der Waals surface area contributed by atoms with Crippen LogP contribution in [0, 0.1) is 3.57 Å². The van der Waals surface area contributed by atoms with E-state index in [0.717, 1.165) is 19.2 Å². The first-order valence-corrected chi connectivity index (χ1v) is 7.45. The fourth-order valence-electron chi connectivity index (χ4n) is 1.67. The van der Waals surface area contributed by atoms with E-state index in [-0.39, 0.29) is 0 Å². The Bertz CT molecular complexity index is 709. The Morgan fingerprint density at radius 3 is 2.26 bits per heavy atom. The lowest BCUT2D eigenvalue weighted by Gasteiger charge is -1.96. The Hall–Kier alpha value is -1.21. The van der Waals surface area contributed by atoms with Crippen molar-refractivity contribution >= 4 is 38.5 Å². The minimum Gasteiger partial charge on any atom is -0.416 e. The molecule has 0 bridgehead atoms. The molecule has 1 aromatic heterocycles. The van der Waals surface area contributed by atoms with Gasteiger partial charge in [-0.25, -0.2) is 0 Å². The summed E-state index contributed by atoms with van der Waals surface area (Å²) in [5.74, 6) is 1.07. The number of nitrogens with zero attached hydrogens (tertiary/aromatic N) is 2. The molecule has 0 aliphatic rings. The SMILES string of the molecule is Brc1ccc(-c2nnc(-c3cccc(I)c3)o2)cc1. The van der Waals surface area contributed by atoms with Gasteiger partial charge in [-0.05, 0) is 65.1 Å². The molecule has 94 valence electrons. The molecule has 0 radical (unpaired) electrons. The molecule has 0 aliphatic carbocycles. The van der Waals surface area contributed by atoms with Crippen molar-refractivity contribution in [3.63, 3.8) is 0 Å². The summed E-state index contributed by atoms with van der Waals surface area (Å²) in [6, 6.07) is 15.7. The van der Waals surface area contributed by atoms with E-state index in [1.165, 1.54) is 0 Å². The lowest BCUT2D eigenvalue weighted by Crippen LogP contribution is -1.78. The van der Waals surface area contributed by atoms with Crippen molar-refractivity contribution in [2.75, 3.05) is 0 Å². The maximum Gasteiger partial charge on any atom is 0.248 e. The molecule has 0 N–H and O–H groups in total. The molecule has 0 amide bonds. The third-order valence-electron chi connectivity index (χ3n) is 2.59. The second-order valence-corrected chi connectivity index (χ2v) is 6.09.